The Balaban J connectivity index is 0.000000220. The van der Waals surface area contributed by atoms with E-state index in [1.807, 2.05) is 62.4 Å². The number of aliphatic hydroxyl groups excluding tert-OH is 2. The van der Waals surface area contributed by atoms with Crippen LogP contribution in [-0.4, -0.2) is 191 Å². The van der Waals surface area contributed by atoms with E-state index in [0.717, 1.165) is 92.9 Å². The van der Waals surface area contributed by atoms with Gasteiger partial charge in [-0.1, -0.05) is 154 Å². The zero-order valence-corrected chi connectivity index (χ0v) is 65.0. The predicted octanol–water partition coefficient (Wildman–Crippen LogP) is 5.31. The van der Waals surface area contributed by atoms with Crippen molar-refractivity contribution in [2.24, 2.45) is 63.9 Å². The minimum atomic E-state index is -1.49. The maximum absolute atomic E-state index is 15.0. The van der Waals surface area contributed by atoms with Crippen molar-refractivity contribution in [1.29, 1.82) is 0 Å². The summed E-state index contributed by atoms with van der Waals surface area (Å²) in [5.74, 6) is -5.74. The number of halogens is 1. The number of rotatable bonds is 29. The number of carboxylic acids is 1. The number of aromatic nitrogens is 4. The molecule has 27 nitrogen and oxygen atoms in total. The van der Waals surface area contributed by atoms with E-state index in [9.17, 15) is 58.5 Å². The van der Waals surface area contributed by atoms with E-state index in [2.05, 4.69) is 98.0 Å². The number of carboxylic acid groups (broad SMARTS) is 1. The van der Waals surface area contributed by atoms with Crippen LogP contribution in [0.25, 0.3) is 0 Å². The molecule has 14 atom stereocenters. The first-order valence-corrected chi connectivity index (χ1v) is 39.2. The van der Waals surface area contributed by atoms with Crippen LogP contribution in [0.1, 0.15) is 175 Å². The van der Waals surface area contributed by atoms with Crippen molar-refractivity contribution in [1.82, 2.24) is 67.0 Å². The van der Waals surface area contributed by atoms with Gasteiger partial charge >= 0.3 is 5.97 Å². The highest BCUT2D eigenvalue weighted by Gasteiger charge is 2.71. The number of carbonyl (C=O) groups is 10. The largest absolute Gasteiger partial charge is 0.480 e. The number of hydrogen-bond donors (Lipinski definition) is 11. The van der Waals surface area contributed by atoms with Gasteiger partial charge in [-0.15, -0.1) is 25.6 Å². The number of aliphatic carboxylic acids is 1. The number of nitrogens with one attached hydrogen (secondary N) is 7. The smallest absolute Gasteiger partial charge is 0.326 e. The standard InChI is InChI=1S/C41H55N7O6.C32H39N5O5.C9H18N2O2.ClH/c1-5-12-29(35(49)39(53)44-17-6-2)45-38(52)34-31-28(41(31,3)4)23-48(34)40(54)33(27-20-25-15-10-11-16-26(25)21-27)47-37(51)32(24-13-8-7-9-14-24)46-36(50)30-22-42-18-19-43-30;1-32(2)22-17-37(27(24(22)32)31(41)42)30(40)26(21-14-19-10-6-7-11-20(19)15-21)36-29(39)25(18-8-4-3-5-9-18)35-28(38)23-16-33-12-13-34-23;1-3-5-7(10)8(12)9(13)11-6-4-2;/h6,10-11,15-16,18-19,22,24,27-29,31-35,49H,2,5,7-9,12-14,17,20-21,23H2,1,3-4H3,(H,44,53)(H,45,52)(H,46,50)(H,47,51);6-7,10-13,16,18,21-22,24-27H,3-5,8-9,14-15,17H2,1-2H3,(H,35,38)(H,36,39)(H,41,42);4,7-8,12H,2-3,5-6,10H2,1H3,(H,11,13);1H/t28-,29?,31-,32-,33-,34-,35?;22-,24-,25-,26-,27-;;/m00../s1. The lowest BCUT2D eigenvalue weighted by atomic mass is 9.83. The molecule has 4 aromatic rings. The van der Waals surface area contributed by atoms with Crippen LogP contribution < -0.4 is 43.0 Å². The van der Waals surface area contributed by atoms with Gasteiger partial charge in [-0.3, -0.25) is 53.1 Å². The molecule has 12 rings (SSSR count). The molecule has 2 aliphatic heterocycles. The highest BCUT2D eigenvalue weighted by molar-refractivity contribution is 6.00. The Morgan fingerprint density at radius 1 is 0.527 bits per heavy atom. The van der Waals surface area contributed by atoms with Gasteiger partial charge < -0.3 is 68.1 Å². The Morgan fingerprint density at radius 3 is 1.29 bits per heavy atom. The van der Waals surface area contributed by atoms with Crippen LogP contribution in [0.15, 0.2) is 111 Å². The molecule has 4 saturated carbocycles. The first-order valence-electron chi connectivity index (χ1n) is 39.2. The van der Waals surface area contributed by atoms with Crippen molar-refractivity contribution >= 4 is 71.5 Å². The lowest BCUT2D eigenvalue weighted by Crippen LogP contribution is -2.62. The van der Waals surface area contributed by atoms with E-state index in [-0.39, 0.29) is 100 Å². The molecule has 6 fully saturated rings. The summed E-state index contributed by atoms with van der Waals surface area (Å²) < 4.78 is 0. The van der Waals surface area contributed by atoms with Crippen LogP contribution >= 0.6 is 12.4 Å². The molecule has 12 N–H and O–H groups in total. The third-order valence-electron chi connectivity index (χ3n) is 24.4. The Labute approximate surface area is 651 Å². The molecule has 2 saturated heterocycles. The van der Waals surface area contributed by atoms with Gasteiger partial charge in [-0.25, -0.2) is 14.8 Å². The third-order valence-corrected chi connectivity index (χ3v) is 24.4. The number of hydrogen-bond acceptors (Lipinski definition) is 17. The summed E-state index contributed by atoms with van der Waals surface area (Å²) in [5, 5.41) is 50.6. The number of fused-ring (bicyclic) bond motifs is 4. The molecule has 4 unspecified atom stereocenters. The summed E-state index contributed by atoms with van der Waals surface area (Å²) in [6.45, 7) is 20.4. The van der Waals surface area contributed by atoms with E-state index in [1.54, 1.807) is 11.0 Å². The summed E-state index contributed by atoms with van der Waals surface area (Å²) in [5.41, 5.74) is 9.95. The van der Waals surface area contributed by atoms with Crippen molar-refractivity contribution in [3.63, 3.8) is 0 Å². The third kappa shape index (κ3) is 19.8. The van der Waals surface area contributed by atoms with E-state index < -0.39 is 108 Å². The number of carbonyl (C=O) groups excluding carboxylic acids is 9. The van der Waals surface area contributed by atoms with Gasteiger partial charge in [0.25, 0.3) is 23.6 Å². The van der Waals surface area contributed by atoms with Crippen LogP contribution in [-0.2, 0) is 64.0 Å². The monoisotopic (exact) mass is 1540 g/mol. The maximum Gasteiger partial charge on any atom is 0.326 e. The molecule has 110 heavy (non-hydrogen) atoms. The Kier molecular flexibility index (Phi) is 29.5. The maximum atomic E-state index is 15.0. The second kappa shape index (κ2) is 38.3. The Morgan fingerprint density at radius 2 is 0.918 bits per heavy atom. The van der Waals surface area contributed by atoms with Crippen molar-refractivity contribution in [2.45, 2.75) is 218 Å². The van der Waals surface area contributed by atoms with Crippen LogP contribution in [0.4, 0.5) is 0 Å². The normalized spacial score (nSPS) is 23.4. The molecule has 2 aromatic carbocycles. The van der Waals surface area contributed by atoms with Crippen LogP contribution in [0, 0.1) is 58.2 Å². The van der Waals surface area contributed by atoms with Crippen molar-refractivity contribution in [3.05, 3.63) is 145 Å². The minimum Gasteiger partial charge on any atom is -0.480 e. The Bertz CT molecular complexity index is 3870. The molecule has 6 aliphatic carbocycles. The van der Waals surface area contributed by atoms with Crippen molar-refractivity contribution in [3.8, 4) is 0 Å². The second-order valence-corrected chi connectivity index (χ2v) is 32.2. The van der Waals surface area contributed by atoms with Gasteiger partial charge in [0.1, 0.15) is 53.7 Å². The average molecular weight is 1540 g/mol. The van der Waals surface area contributed by atoms with Crippen LogP contribution in [0.3, 0.4) is 0 Å². The number of amides is 9. The lowest BCUT2D eigenvalue weighted by Gasteiger charge is -2.37. The molecule has 596 valence electrons. The average Bonchev–Trinajstić information content (AvgIpc) is 1.53. The molecular weight excluding hydrogens is 1420 g/mol. The summed E-state index contributed by atoms with van der Waals surface area (Å²) >= 11 is 0. The van der Waals surface area contributed by atoms with Gasteiger partial charge in [0.15, 0.2) is 6.10 Å². The van der Waals surface area contributed by atoms with Gasteiger partial charge in [0.05, 0.1) is 18.4 Å². The van der Waals surface area contributed by atoms with E-state index >= 15 is 4.79 Å². The fourth-order valence-electron chi connectivity index (χ4n) is 18.2. The van der Waals surface area contributed by atoms with Gasteiger partial charge in [0, 0.05) is 62.9 Å². The number of piperidine rings is 2. The molecule has 0 bridgehead atoms. The number of nitrogens with two attached hydrogens (primary N) is 1. The second-order valence-electron chi connectivity index (χ2n) is 32.2. The Hall–Kier alpha value is -9.05. The van der Waals surface area contributed by atoms with Gasteiger partial charge in [0.2, 0.25) is 29.5 Å². The molecule has 0 radical (unpaired) electrons. The summed E-state index contributed by atoms with van der Waals surface area (Å²) in [6.07, 6.45) is 22.8. The number of nitrogens with zero attached hydrogens (tertiary/aromatic N) is 6. The van der Waals surface area contributed by atoms with Crippen molar-refractivity contribution in [2.75, 3.05) is 26.2 Å². The highest BCUT2D eigenvalue weighted by Crippen LogP contribution is 2.66. The minimum absolute atomic E-state index is 0. The fraction of sp³-hybridized carbons (Fsp3) is 0.585. The zero-order chi connectivity index (χ0) is 78.4. The predicted molar refractivity (Wildman–Crippen MR) is 414 cm³/mol. The zero-order valence-electron chi connectivity index (χ0n) is 64.2. The van der Waals surface area contributed by atoms with Crippen LogP contribution in [0.2, 0.25) is 0 Å². The summed E-state index contributed by atoms with van der Waals surface area (Å²) in [4.78, 5) is 154. The van der Waals surface area contributed by atoms with Gasteiger partial charge in [-0.05, 0) is 139 Å². The highest BCUT2D eigenvalue weighted by atomic mass is 35.5. The molecule has 0 spiro atoms. The summed E-state index contributed by atoms with van der Waals surface area (Å²) in [7, 11) is 0. The summed E-state index contributed by atoms with van der Waals surface area (Å²) in [6, 6.07) is 9.30. The lowest BCUT2D eigenvalue weighted by molar-refractivity contribution is -0.152. The van der Waals surface area contributed by atoms with E-state index in [4.69, 9.17) is 5.73 Å². The first-order chi connectivity index (χ1) is 52.2. The molecule has 8 aliphatic rings. The fourth-order valence-corrected chi connectivity index (χ4v) is 18.2. The molecular formula is C82H113ClN14O13. The molecule has 4 heterocycles. The number of likely N-dealkylation sites (tertiary alicyclic amines) is 2. The number of aliphatic hydroxyl groups is 2. The molecule has 28 heteroatoms. The van der Waals surface area contributed by atoms with Gasteiger partial charge in [-0.2, -0.15) is 0 Å². The number of benzene rings is 2. The van der Waals surface area contributed by atoms with Crippen LogP contribution in [0.5, 0.6) is 0 Å². The molecule has 9 amide bonds. The quantitative estimate of drug-likeness (QED) is 0.0307. The van der Waals surface area contributed by atoms with E-state index in [0.29, 0.717) is 64.6 Å². The first kappa shape index (κ1) is 85.0. The SMILES string of the molecule is C=CCNC(=O)C(O)C(CCC)NC(=O)[C@@H]1[C@@H]2[C@H](CN1C(=O)[C@@H](NC(=O)[C@@H](NC(=O)c1cnccn1)C1CCCCC1)C1Cc3ccccc3C1)C2(C)C.C=CCNC(=O)C(O)C(N)CCC.CC1(C)[C@@H]2[C@@H](C(=O)O)N(C(=O)[C@@H](NC(=O)[C@@H](NC(=O)c3cnccn3)C3CCCCC3)C3Cc4ccccc4C3)C[C@@H]21.Cl. The van der Waals surface area contributed by atoms with Crippen molar-refractivity contribution < 1.29 is 63.3 Å². The van der Waals surface area contributed by atoms with E-state index in [1.165, 1.54) is 48.2 Å². The molecule has 2 aromatic heterocycles. The topological polar surface area (TPSA) is 400 Å².